The van der Waals surface area contributed by atoms with E-state index in [1.165, 1.54) is 6.07 Å². The third-order valence-electron chi connectivity index (χ3n) is 3.52. The molecule has 2 aromatic rings. The summed E-state index contributed by atoms with van der Waals surface area (Å²) in [6, 6.07) is 6.60. The third-order valence-corrected chi connectivity index (χ3v) is 4.10. The maximum Gasteiger partial charge on any atom is 0.148 e. The second-order valence-electron chi connectivity index (χ2n) is 4.71. The summed E-state index contributed by atoms with van der Waals surface area (Å²) in [5.74, 6) is -0.281. The Kier molecular flexibility index (Phi) is 2.75. The van der Waals surface area contributed by atoms with Crippen LogP contribution in [0.5, 0.6) is 0 Å². The van der Waals surface area contributed by atoms with E-state index in [0.29, 0.717) is 12.2 Å². The van der Waals surface area contributed by atoms with Crippen molar-refractivity contribution in [3.05, 3.63) is 46.4 Å². The molecule has 5 heteroatoms. The van der Waals surface area contributed by atoms with Gasteiger partial charge in [-0.2, -0.15) is 5.10 Å². The van der Waals surface area contributed by atoms with Crippen molar-refractivity contribution in [2.75, 3.05) is 6.54 Å². The summed E-state index contributed by atoms with van der Waals surface area (Å²) >= 11 is 3.49. The summed E-state index contributed by atoms with van der Waals surface area (Å²) < 4.78 is 16.2. The zero-order chi connectivity index (χ0) is 12.8. The van der Waals surface area contributed by atoms with Gasteiger partial charge < -0.3 is 5.73 Å². The Morgan fingerprint density at radius 1 is 1.39 bits per heavy atom. The Bertz CT molecular complexity index is 590. The Morgan fingerprint density at radius 3 is 2.72 bits per heavy atom. The van der Waals surface area contributed by atoms with Crippen LogP contribution in [0.15, 0.2) is 34.9 Å². The molecule has 0 aliphatic heterocycles. The standard InChI is InChI=1S/C13H13BrFN3/c14-9-7-18(11-4-2-1-3-10(11)15)17-12(9)13(8-16)5-6-13/h1-4,7H,5-6,8,16H2. The number of rotatable bonds is 3. The summed E-state index contributed by atoms with van der Waals surface area (Å²) in [6.45, 7) is 0.583. The number of halogens is 2. The summed E-state index contributed by atoms with van der Waals surface area (Å²) in [4.78, 5) is 0. The molecule has 94 valence electrons. The van der Waals surface area contributed by atoms with Crippen LogP contribution < -0.4 is 5.73 Å². The lowest BCUT2D eigenvalue weighted by molar-refractivity contribution is 0.604. The van der Waals surface area contributed by atoms with Crippen molar-refractivity contribution in [3.63, 3.8) is 0 Å². The van der Waals surface area contributed by atoms with Gasteiger partial charge in [-0.05, 0) is 40.9 Å². The lowest BCUT2D eigenvalue weighted by Gasteiger charge is -2.09. The smallest absolute Gasteiger partial charge is 0.148 e. The minimum atomic E-state index is -0.281. The molecule has 3 rings (SSSR count). The summed E-state index contributed by atoms with van der Waals surface area (Å²) in [6.07, 6.45) is 3.90. The summed E-state index contributed by atoms with van der Waals surface area (Å²) in [7, 11) is 0. The van der Waals surface area contributed by atoms with Crippen molar-refractivity contribution in [1.82, 2.24) is 9.78 Å². The van der Waals surface area contributed by atoms with E-state index in [9.17, 15) is 4.39 Å². The van der Waals surface area contributed by atoms with Crippen LogP contribution in [0.25, 0.3) is 5.69 Å². The molecule has 2 N–H and O–H groups in total. The molecule has 3 nitrogen and oxygen atoms in total. The van der Waals surface area contributed by atoms with Crippen molar-refractivity contribution < 1.29 is 4.39 Å². The second kappa shape index (κ2) is 4.17. The Balaban J connectivity index is 2.06. The van der Waals surface area contributed by atoms with Gasteiger partial charge in [0.15, 0.2) is 0 Å². The van der Waals surface area contributed by atoms with Gasteiger partial charge in [0.25, 0.3) is 0 Å². The fraction of sp³-hybridized carbons (Fsp3) is 0.308. The number of hydrogen-bond donors (Lipinski definition) is 1. The van der Waals surface area contributed by atoms with E-state index in [1.54, 1.807) is 29.1 Å². The zero-order valence-corrected chi connectivity index (χ0v) is 11.3. The highest BCUT2D eigenvalue weighted by Gasteiger charge is 2.46. The quantitative estimate of drug-likeness (QED) is 0.947. The first kappa shape index (κ1) is 11.9. The lowest BCUT2D eigenvalue weighted by atomic mass is 10.0. The predicted molar refractivity (Wildman–Crippen MR) is 71.2 cm³/mol. The van der Waals surface area contributed by atoms with Crippen molar-refractivity contribution in [1.29, 1.82) is 0 Å². The average molecular weight is 310 g/mol. The number of hydrogen-bond acceptors (Lipinski definition) is 2. The maximum atomic E-state index is 13.7. The van der Waals surface area contributed by atoms with Crippen molar-refractivity contribution in [3.8, 4) is 5.69 Å². The molecule has 0 amide bonds. The molecule has 0 radical (unpaired) electrons. The molecular formula is C13H13BrFN3. The van der Waals surface area contributed by atoms with Crippen molar-refractivity contribution in [2.45, 2.75) is 18.3 Å². The molecular weight excluding hydrogens is 297 g/mol. The molecule has 1 aliphatic rings. The van der Waals surface area contributed by atoms with Crippen molar-refractivity contribution in [2.24, 2.45) is 5.73 Å². The number of para-hydroxylation sites is 1. The Hall–Kier alpha value is -1.20. The first-order chi connectivity index (χ1) is 8.66. The highest BCUT2D eigenvalue weighted by Crippen LogP contribution is 2.48. The van der Waals surface area contributed by atoms with Gasteiger partial charge in [0.2, 0.25) is 0 Å². The van der Waals surface area contributed by atoms with Gasteiger partial charge in [0.1, 0.15) is 11.5 Å². The molecule has 1 heterocycles. The molecule has 1 saturated carbocycles. The maximum absolute atomic E-state index is 13.7. The topological polar surface area (TPSA) is 43.8 Å². The molecule has 1 fully saturated rings. The molecule has 0 saturated heterocycles. The predicted octanol–water partition coefficient (Wildman–Crippen LogP) is 2.76. The van der Waals surface area contributed by atoms with E-state index < -0.39 is 0 Å². The molecule has 1 aromatic carbocycles. The zero-order valence-electron chi connectivity index (χ0n) is 9.74. The van der Waals surface area contributed by atoms with Gasteiger partial charge in [-0.15, -0.1) is 0 Å². The van der Waals surface area contributed by atoms with Crippen LogP contribution in [0.4, 0.5) is 4.39 Å². The largest absolute Gasteiger partial charge is 0.330 e. The lowest BCUT2D eigenvalue weighted by Crippen LogP contribution is -2.21. The van der Waals surface area contributed by atoms with E-state index in [2.05, 4.69) is 21.0 Å². The highest BCUT2D eigenvalue weighted by molar-refractivity contribution is 9.10. The number of benzene rings is 1. The normalized spacial score (nSPS) is 16.8. The SMILES string of the molecule is NCC1(c2nn(-c3ccccc3F)cc2Br)CC1. The molecule has 0 spiro atoms. The van der Waals surface area contributed by atoms with Crippen LogP contribution in [0.1, 0.15) is 18.5 Å². The summed E-state index contributed by atoms with van der Waals surface area (Å²) in [5.41, 5.74) is 7.19. The number of nitrogens with two attached hydrogens (primary N) is 1. The van der Waals surface area contributed by atoms with E-state index >= 15 is 0 Å². The van der Waals surface area contributed by atoms with Crippen molar-refractivity contribution >= 4 is 15.9 Å². The van der Waals surface area contributed by atoms with Gasteiger partial charge in [-0.1, -0.05) is 12.1 Å². The first-order valence-electron chi connectivity index (χ1n) is 5.87. The molecule has 0 unspecified atom stereocenters. The fourth-order valence-corrected chi connectivity index (χ4v) is 2.86. The van der Waals surface area contributed by atoms with Gasteiger partial charge in [-0.25, -0.2) is 9.07 Å². The molecule has 18 heavy (non-hydrogen) atoms. The summed E-state index contributed by atoms with van der Waals surface area (Å²) in [5, 5.41) is 4.50. The third kappa shape index (κ3) is 1.78. The molecule has 0 bridgehead atoms. The molecule has 0 atom stereocenters. The Labute approximate surface area is 113 Å². The van der Waals surface area contributed by atoms with Gasteiger partial charge in [0.05, 0.1) is 10.2 Å². The monoisotopic (exact) mass is 309 g/mol. The van der Waals surface area contributed by atoms with E-state index in [-0.39, 0.29) is 11.2 Å². The van der Waals surface area contributed by atoms with E-state index in [4.69, 9.17) is 5.73 Å². The van der Waals surface area contributed by atoms with E-state index in [0.717, 1.165) is 23.0 Å². The average Bonchev–Trinajstić information content (AvgIpc) is 3.07. The minimum Gasteiger partial charge on any atom is -0.330 e. The highest BCUT2D eigenvalue weighted by atomic mass is 79.9. The second-order valence-corrected chi connectivity index (χ2v) is 5.56. The van der Waals surface area contributed by atoms with Crippen LogP contribution >= 0.6 is 15.9 Å². The first-order valence-corrected chi connectivity index (χ1v) is 6.66. The van der Waals surface area contributed by atoms with Crippen LogP contribution in [-0.4, -0.2) is 16.3 Å². The molecule has 1 aromatic heterocycles. The number of aromatic nitrogens is 2. The molecule has 1 aliphatic carbocycles. The Morgan fingerprint density at radius 2 is 2.11 bits per heavy atom. The van der Waals surface area contributed by atoms with Gasteiger partial charge in [-0.3, -0.25) is 0 Å². The number of nitrogens with zero attached hydrogens (tertiary/aromatic N) is 2. The van der Waals surface area contributed by atoms with Crippen LogP contribution in [-0.2, 0) is 5.41 Å². The fourth-order valence-electron chi connectivity index (χ4n) is 2.16. The van der Waals surface area contributed by atoms with Crippen LogP contribution in [0.3, 0.4) is 0 Å². The van der Waals surface area contributed by atoms with Crippen LogP contribution in [0, 0.1) is 5.82 Å². The van der Waals surface area contributed by atoms with Gasteiger partial charge >= 0.3 is 0 Å². The van der Waals surface area contributed by atoms with Crippen LogP contribution in [0.2, 0.25) is 0 Å². The van der Waals surface area contributed by atoms with Gasteiger partial charge in [0, 0.05) is 18.2 Å². The van der Waals surface area contributed by atoms with E-state index in [1.807, 2.05) is 0 Å². The minimum absolute atomic E-state index is 0.00462.